The number of anilines is 1. The summed E-state index contributed by atoms with van der Waals surface area (Å²) < 4.78 is 18.6. The number of nitrogens with two attached hydrogens (primary N) is 1. The number of amides is 1. The van der Waals surface area contributed by atoms with Crippen LogP contribution in [0.1, 0.15) is 25.8 Å². The second-order valence-corrected chi connectivity index (χ2v) is 4.30. The summed E-state index contributed by atoms with van der Waals surface area (Å²) in [5.41, 5.74) is 6.64. The van der Waals surface area contributed by atoms with Crippen molar-refractivity contribution in [1.29, 1.82) is 0 Å². The lowest BCUT2D eigenvalue weighted by atomic mass is 10.2. The predicted octanol–water partition coefficient (Wildman–Crippen LogP) is 2.01. The zero-order chi connectivity index (χ0) is 13.7. The molecule has 4 nitrogen and oxygen atoms in total. The molecule has 0 bridgehead atoms. The SMILES string of the molecule is CCC(C)NC(=O)COc1cc(C)c(N)cc1F. The van der Waals surface area contributed by atoms with Gasteiger partial charge in [-0.15, -0.1) is 0 Å². The van der Waals surface area contributed by atoms with Crippen molar-refractivity contribution in [3.05, 3.63) is 23.5 Å². The van der Waals surface area contributed by atoms with Gasteiger partial charge in [0.15, 0.2) is 18.2 Å². The molecule has 0 aliphatic rings. The molecule has 1 rings (SSSR count). The molecular formula is C13H19FN2O2. The molecule has 0 heterocycles. The molecule has 0 fully saturated rings. The van der Waals surface area contributed by atoms with Crippen LogP contribution in [0.15, 0.2) is 12.1 Å². The van der Waals surface area contributed by atoms with Gasteiger partial charge in [0.05, 0.1) is 0 Å². The van der Waals surface area contributed by atoms with Crippen molar-refractivity contribution in [2.24, 2.45) is 0 Å². The van der Waals surface area contributed by atoms with E-state index in [-0.39, 0.29) is 24.3 Å². The van der Waals surface area contributed by atoms with Crippen LogP contribution in [-0.2, 0) is 4.79 Å². The summed E-state index contributed by atoms with van der Waals surface area (Å²) in [6.07, 6.45) is 0.834. The number of nitrogens with one attached hydrogen (secondary N) is 1. The Morgan fingerprint density at radius 3 is 2.83 bits per heavy atom. The van der Waals surface area contributed by atoms with Crippen LogP contribution in [-0.4, -0.2) is 18.6 Å². The van der Waals surface area contributed by atoms with E-state index in [4.69, 9.17) is 10.5 Å². The highest BCUT2D eigenvalue weighted by atomic mass is 19.1. The molecule has 0 aliphatic heterocycles. The minimum absolute atomic E-state index is 0.0426. The van der Waals surface area contributed by atoms with Gasteiger partial charge in [-0.3, -0.25) is 4.79 Å². The van der Waals surface area contributed by atoms with E-state index < -0.39 is 5.82 Å². The summed E-state index contributed by atoms with van der Waals surface area (Å²) in [5.74, 6) is -0.784. The Morgan fingerprint density at radius 2 is 2.22 bits per heavy atom. The normalized spacial score (nSPS) is 12.0. The number of hydrogen-bond acceptors (Lipinski definition) is 3. The lowest BCUT2D eigenvalue weighted by Gasteiger charge is -2.13. The third kappa shape index (κ3) is 3.91. The maximum absolute atomic E-state index is 13.5. The Labute approximate surface area is 106 Å². The molecule has 0 saturated heterocycles. The fourth-order valence-electron chi connectivity index (χ4n) is 1.34. The van der Waals surface area contributed by atoms with E-state index in [1.807, 2.05) is 13.8 Å². The summed E-state index contributed by atoms with van der Waals surface area (Å²) in [5, 5.41) is 2.73. The minimum Gasteiger partial charge on any atom is -0.481 e. The molecule has 1 unspecified atom stereocenters. The number of nitrogen functional groups attached to an aromatic ring is 1. The van der Waals surface area contributed by atoms with Crippen molar-refractivity contribution in [1.82, 2.24) is 5.32 Å². The Hall–Kier alpha value is -1.78. The molecule has 0 saturated carbocycles. The van der Waals surface area contributed by atoms with Gasteiger partial charge >= 0.3 is 0 Å². The third-order valence-corrected chi connectivity index (χ3v) is 2.70. The molecule has 100 valence electrons. The number of benzene rings is 1. The van der Waals surface area contributed by atoms with Gasteiger partial charge in [0, 0.05) is 17.8 Å². The minimum atomic E-state index is -0.561. The van der Waals surface area contributed by atoms with Crippen LogP contribution in [0.3, 0.4) is 0 Å². The average molecular weight is 254 g/mol. The first-order valence-corrected chi connectivity index (χ1v) is 5.91. The van der Waals surface area contributed by atoms with Crippen LogP contribution in [0.2, 0.25) is 0 Å². The number of ether oxygens (including phenoxy) is 1. The predicted molar refractivity (Wildman–Crippen MR) is 68.9 cm³/mol. The van der Waals surface area contributed by atoms with Gasteiger partial charge in [-0.25, -0.2) is 4.39 Å². The average Bonchev–Trinajstić information content (AvgIpc) is 2.32. The molecule has 18 heavy (non-hydrogen) atoms. The quantitative estimate of drug-likeness (QED) is 0.790. The Kier molecular flexibility index (Phi) is 4.95. The number of carbonyl (C=O) groups excluding carboxylic acids is 1. The number of hydrogen-bond donors (Lipinski definition) is 2. The lowest BCUT2D eigenvalue weighted by Crippen LogP contribution is -2.35. The van der Waals surface area contributed by atoms with Gasteiger partial charge < -0.3 is 15.8 Å². The van der Waals surface area contributed by atoms with E-state index in [1.54, 1.807) is 6.92 Å². The zero-order valence-electron chi connectivity index (χ0n) is 10.9. The molecule has 5 heteroatoms. The van der Waals surface area contributed by atoms with Crippen LogP contribution >= 0.6 is 0 Å². The van der Waals surface area contributed by atoms with Gasteiger partial charge in [-0.1, -0.05) is 6.92 Å². The fourth-order valence-corrected chi connectivity index (χ4v) is 1.34. The first-order valence-electron chi connectivity index (χ1n) is 5.91. The van der Waals surface area contributed by atoms with Gasteiger partial charge in [0.1, 0.15) is 0 Å². The largest absolute Gasteiger partial charge is 0.481 e. The number of halogens is 1. The topological polar surface area (TPSA) is 64.3 Å². The van der Waals surface area contributed by atoms with Crippen LogP contribution in [0.25, 0.3) is 0 Å². The highest BCUT2D eigenvalue weighted by molar-refractivity contribution is 5.77. The molecule has 0 spiro atoms. The molecule has 1 aromatic rings. The molecule has 0 aromatic heterocycles. The van der Waals surface area contributed by atoms with E-state index in [0.717, 1.165) is 6.42 Å². The second kappa shape index (κ2) is 6.23. The lowest BCUT2D eigenvalue weighted by molar-refractivity contribution is -0.123. The molecule has 0 radical (unpaired) electrons. The van der Waals surface area contributed by atoms with Crippen LogP contribution in [0.5, 0.6) is 5.75 Å². The van der Waals surface area contributed by atoms with Gasteiger partial charge in [0.25, 0.3) is 5.91 Å². The monoisotopic (exact) mass is 254 g/mol. The van der Waals surface area contributed by atoms with Crippen molar-refractivity contribution in [2.45, 2.75) is 33.2 Å². The van der Waals surface area contributed by atoms with Gasteiger partial charge in [-0.2, -0.15) is 0 Å². The first kappa shape index (κ1) is 14.3. The number of carbonyl (C=O) groups is 1. The van der Waals surface area contributed by atoms with E-state index in [2.05, 4.69) is 5.32 Å². The highest BCUT2D eigenvalue weighted by Crippen LogP contribution is 2.23. The van der Waals surface area contributed by atoms with Crippen LogP contribution < -0.4 is 15.8 Å². The molecule has 0 aliphatic carbocycles. The number of aryl methyl sites for hydroxylation is 1. The van der Waals surface area contributed by atoms with Crippen molar-refractivity contribution >= 4 is 11.6 Å². The molecule has 1 amide bonds. The first-order chi connectivity index (χ1) is 8.43. The van der Waals surface area contributed by atoms with Crippen LogP contribution in [0.4, 0.5) is 10.1 Å². The molecular weight excluding hydrogens is 235 g/mol. The Balaban J connectivity index is 2.58. The molecule has 3 N–H and O–H groups in total. The van der Waals surface area contributed by atoms with E-state index in [0.29, 0.717) is 11.3 Å². The van der Waals surface area contributed by atoms with Crippen LogP contribution in [0, 0.1) is 12.7 Å². The van der Waals surface area contributed by atoms with Gasteiger partial charge in [0.2, 0.25) is 0 Å². The summed E-state index contributed by atoms with van der Waals surface area (Å²) in [6, 6.07) is 2.76. The third-order valence-electron chi connectivity index (χ3n) is 2.70. The van der Waals surface area contributed by atoms with Crippen molar-refractivity contribution in [2.75, 3.05) is 12.3 Å². The smallest absolute Gasteiger partial charge is 0.258 e. The second-order valence-electron chi connectivity index (χ2n) is 4.30. The summed E-state index contributed by atoms with van der Waals surface area (Å²) in [4.78, 5) is 11.5. The highest BCUT2D eigenvalue weighted by Gasteiger charge is 2.10. The maximum atomic E-state index is 13.5. The van der Waals surface area contributed by atoms with E-state index in [9.17, 15) is 9.18 Å². The maximum Gasteiger partial charge on any atom is 0.258 e. The summed E-state index contributed by atoms with van der Waals surface area (Å²) in [7, 11) is 0. The Bertz CT molecular complexity index is 435. The van der Waals surface area contributed by atoms with Crippen molar-refractivity contribution in [3.63, 3.8) is 0 Å². The number of rotatable bonds is 5. The van der Waals surface area contributed by atoms with Crippen molar-refractivity contribution in [3.8, 4) is 5.75 Å². The Morgan fingerprint density at radius 1 is 1.56 bits per heavy atom. The molecule has 1 aromatic carbocycles. The zero-order valence-corrected chi connectivity index (χ0v) is 10.9. The van der Waals surface area contributed by atoms with E-state index >= 15 is 0 Å². The van der Waals surface area contributed by atoms with Crippen molar-refractivity contribution < 1.29 is 13.9 Å². The van der Waals surface area contributed by atoms with E-state index in [1.165, 1.54) is 12.1 Å². The summed E-state index contributed by atoms with van der Waals surface area (Å²) >= 11 is 0. The standard InChI is InChI=1S/C13H19FN2O2/c1-4-9(3)16-13(17)7-18-12-5-8(2)11(15)6-10(12)14/h5-6,9H,4,7,15H2,1-3H3,(H,16,17). The van der Waals surface area contributed by atoms with Gasteiger partial charge in [-0.05, 0) is 31.9 Å². The fraction of sp³-hybridized carbons (Fsp3) is 0.462. The molecule has 1 atom stereocenters. The summed E-state index contributed by atoms with van der Waals surface area (Å²) in [6.45, 7) is 5.41.